The van der Waals surface area contributed by atoms with E-state index in [1.165, 1.54) is 119 Å². The first-order valence-electron chi connectivity index (χ1n) is 21.1. The highest BCUT2D eigenvalue weighted by molar-refractivity contribution is 7.13. The average molecular weight is 766 g/mol. The average Bonchev–Trinajstić information content (AvgIpc) is 3.74. The number of ether oxygens (including phenoxy) is 1. The molecule has 1 saturated heterocycles. The van der Waals surface area contributed by atoms with E-state index >= 15 is 0 Å². The highest BCUT2D eigenvalue weighted by atomic mass is 35.5. The van der Waals surface area contributed by atoms with E-state index in [4.69, 9.17) is 20.7 Å². The lowest BCUT2D eigenvalue weighted by Gasteiger charge is -2.35. The molecular formula is C44H65ClN4O3S. The van der Waals surface area contributed by atoms with Crippen LogP contribution in [0.1, 0.15) is 146 Å². The Kier molecular flexibility index (Phi) is 18.2. The van der Waals surface area contributed by atoms with Crippen LogP contribution in [0.5, 0.6) is 0 Å². The zero-order valence-electron chi connectivity index (χ0n) is 32.6. The van der Waals surface area contributed by atoms with Crippen LogP contribution < -0.4 is 9.80 Å². The van der Waals surface area contributed by atoms with E-state index in [1.807, 2.05) is 6.07 Å². The molecule has 0 bridgehead atoms. The van der Waals surface area contributed by atoms with Gasteiger partial charge in [0.2, 0.25) is 5.91 Å². The van der Waals surface area contributed by atoms with E-state index in [-0.39, 0.29) is 18.6 Å². The molecule has 2 aromatic carbocycles. The van der Waals surface area contributed by atoms with Crippen molar-refractivity contribution >= 4 is 56.6 Å². The number of unbranched alkanes of at least 4 members (excludes halogenated alkanes) is 18. The predicted molar refractivity (Wildman–Crippen MR) is 224 cm³/mol. The Morgan fingerprint density at radius 2 is 1.38 bits per heavy atom. The maximum absolute atomic E-state index is 12.9. The van der Waals surface area contributed by atoms with Crippen molar-refractivity contribution in [1.82, 2.24) is 9.27 Å². The van der Waals surface area contributed by atoms with E-state index in [1.54, 1.807) is 16.4 Å². The number of benzene rings is 2. The van der Waals surface area contributed by atoms with Crippen molar-refractivity contribution in [3.8, 4) is 0 Å². The van der Waals surface area contributed by atoms with E-state index in [0.29, 0.717) is 17.9 Å². The number of amides is 1. The molecule has 0 aliphatic carbocycles. The molecule has 5 rings (SSSR count). The van der Waals surface area contributed by atoms with Crippen LogP contribution in [0.15, 0.2) is 36.4 Å². The van der Waals surface area contributed by atoms with Gasteiger partial charge in [-0.15, -0.1) is 0 Å². The first-order valence-corrected chi connectivity index (χ1v) is 22.3. The number of halogens is 1. The van der Waals surface area contributed by atoms with Gasteiger partial charge in [-0.05, 0) is 53.7 Å². The van der Waals surface area contributed by atoms with Gasteiger partial charge in [-0.25, -0.2) is 0 Å². The molecule has 0 saturated carbocycles. The van der Waals surface area contributed by atoms with Crippen molar-refractivity contribution in [1.29, 1.82) is 0 Å². The zero-order valence-corrected chi connectivity index (χ0v) is 34.1. The molecule has 0 atom stereocenters. The zero-order chi connectivity index (χ0) is 37.1. The number of carbonyl (C=O) groups excluding carboxylic acids is 2. The second-order valence-corrected chi connectivity index (χ2v) is 16.6. The summed E-state index contributed by atoms with van der Waals surface area (Å²) in [5.74, 6) is 0.826. The van der Waals surface area contributed by atoms with Crippen molar-refractivity contribution < 1.29 is 14.3 Å². The Morgan fingerprint density at radius 3 is 2.00 bits per heavy atom. The third-order valence-corrected chi connectivity index (χ3v) is 12.4. The van der Waals surface area contributed by atoms with Crippen LogP contribution in [-0.4, -0.2) is 60.6 Å². The first-order chi connectivity index (χ1) is 26.0. The predicted octanol–water partition coefficient (Wildman–Crippen LogP) is 11.5. The molecule has 53 heavy (non-hydrogen) atoms. The number of piperazine rings is 1. The quantitative estimate of drug-likeness (QED) is 0.0599. The van der Waals surface area contributed by atoms with Gasteiger partial charge in [0.05, 0.1) is 16.8 Å². The minimum atomic E-state index is -0.232. The van der Waals surface area contributed by atoms with Gasteiger partial charge in [-0.3, -0.25) is 19.4 Å². The molecular weight excluding hydrogens is 700 g/mol. The summed E-state index contributed by atoms with van der Waals surface area (Å²) in [6.07, 6.45) is 26.8. The van der Waals surface area contributed by atoms with Crippen LogP contribution in [0.4, 0.5) is 11.5 Å². The topological polar surface area (TPSA) is 66.0 Å². The van der Waals surface area contributed by atoms with Crippen LogP contribution >= 0.6 is 23.1 Å². The van der Waals surface area contributed by atoms with Crippen molar-refractivity contribution in [3.63, 3.8) is 0 Å². The van der Waals surface area contributed by atoms with Crippen molar-refractivity contribution in [2.45, 2.75) is 148 Å². The number of esters is 1. The number of hydrogen-bond donors (Lipinski definition) is 0. The van der Waals surface area contributed by atoms with E-state index < -0.39 is 0 Å². The van der Waals surface area contributed by atoms with Gasteiger partial charge in [-0.1, -0.05) is 152 Å². The summed E-state index contributed by atoms with van der Waals surface area (Å²) in [6.45, 7) is 7.02. The van der Waals surface area contributed by atoms with Crippen molar-refractivity contribution in [2.75, 3.05) is 49.3 Å². The summed E-state index contributed by atoms with van der Waals surface area (Å²) in [5.41, 5.74) is 2.79. The third kappa shape index (κ3) is 13.5. The second kappa shape index (κ2) is 23.3. The van der Waals surface area contributed by atoms with Gasteiger partial charge in [0.25, 0.3) is 0 Å². The summed E-state index contributed by atoms with van der Waals surface area (Å²) < 4.78 is 11.5. The fraction of sp³-hybridized carbons (Fsp3) is 0.659. The molecule has 1 fully saturated rings. The van der Waals surface area contributed by atoms with Crippen molar-refractivity contribution in [2.24, 2.45) is 0 Å². The first kappa shape index (κ1) is 41.5. The molecule has 0 radical (unpaired) electrons. The molecule has 0 spiro atoms. The Labute approximate surface area is 328 Å². The Morgan fingerprint density at radius 1 is 0.792 bits per heavy atom. The summed E-state index contributed by atoms with van der Waals surface area (Å²) in [4.78, 5) is 31.8. The molecule has 3 aromatic rings. The molecule has 7 nitrogen and oxygen atoms in total. The molecule has 292 valence electrons. The smallest absolute Gasteiger partial charge is 0.307 e. The second-order valence-electron chi connectivity index (χ2n) is 15.4. The fourth-order valence-corrected chi connectivity index (χ4v) is 8.94. The molecule has 9 heteroatoms. The summed E-state index contributed by atoms with van der Waals surface area (Å²) in [7, 11) is 0. The Balaban J connectivity index is 0.879. The molecule has 3 heterocycles. The summed E-state index contributed by atoms with van der Waals surface area (Å²) >= 11 is 8.33. The molecule has 0 N–H and O–H groups in total. The third-order valence-electron chi connectivity index (χ3n) is 11.2. The van der Waals surface area contributed by atoms with Gasteiger partial charge >= 0.3 is 5.97 Å². The van der Waals surface area contributed by atoms with Gasteiger partial charge < -0.3 is 9.64 Å². The minimum Gasteiger partial charge on any atom is -0.444 e. The van der Waals surface area contributed by atoms with E-state index in [0.717, 1.165) is 74.6 Å². The highest BCUT2D eigenvalue weighted by Gasteiger charge is 2.30. The normalized spacial score (nSPS) is 14.8. The standard InChI is InChI=1S/C44H65ClN4O3S/c1-2-3-4-5-6-7-8-9-10-11-12-13-14-15-16-17-18-19-20-25-43(51)52-35-49-40-34-39(45)36(32-37(40)33-42(49)50)26-27-47-28-30-48(31-29-47)44-38-23-21-22-24-41(38)53-46-44/h21-24,32,34H,2-20,25-31,33,35H2,1H3. The largest absolute Gasteiger partial charge is 0.444 e. The number of anilines is 2. The minimum absolute atomic E-state index is 0.0436. The van der Waals surface area contributed by atoms with E-state index in [2.05, 4.69) is 47.1 Å². The number of aromatic nitrogens is 1. The lowest BCUT2D eigenvalue weighted by molar-refractivity contribution is -0.144. The lowest BCUT2D eigenvalue weighted by atomic mass is 10.0. The van der Waals surface area contributed by atoms with Crippen LogP contribution in [0.3, 0.4) is 0 Å². The van der Waals surface area contributed by atoms with Crippen molar-refractivity contribution in [3.05, 3.63) is 52.5 Å². The summed E-state index contributed by atoms with van der Waals surface area (Å²) in [5, 5.41) is 1.90. The molecule has 1 aromatic heterocycles. The van der Waals surface area contributed by atoms with Crippen LogP contribution in [0.25, 0.3) is 10.1 Å². The molecule has 2 aliphatic heterocycles. The van der Waals surface area contributed by atoms with Gasteiger partial charge in [-0.2, -0.15) is 4.37 Å². The van der Waals surface area contributed by atoms with Gasteiger partial charge in [0.1, 0.15) is 5.82 Å². The number of carbonyl (C=O) groups is 2. The molecule has 1 amide bonds. The maximum Gasteiger partial charge on any atom is 0.307 e. The SMILES string of the molecule is CCCCCCCCCCCCCCCCCCCCCC(=O)OCN1C(=O)Cc2cc(CCN3CCN(c4nsc5ccccc45)CC3)c(Cl)cc21. The van der Waals surface area contributed by atoms with Crippen LogP contribution in [0.2, 0.25) is 5.02 Å². The fourth-order valence-electron chi connectivity index (χ4n) is 7.90. The van der Waals surface area contributed by atoms with E-state index in [9.17, 15) is 9.59 Å². The Hall–Kier alpha value is -2.68. The number of fused-ring (bicyclic) bond motifs is 2. The van der Waals surface area contributed by atoms with Gasteiger partial charge in [0, 0.05) is 49.6 Å². The molecule has 0 unspecified atom stereocenters. The van der Waals surface area contributed by atoms with Gasteiger partial charge in [0.15, 0.2) is 6.73 Å². The summed E-state index contributed by atoms with van der Waals surface area (Å²) in [6, 6.07) is 12.4. The monoisotopic (exact) mass is 764 g/mol. The molecule has 2 aliphatic rings. The van der Waals surface area contributed by atoms with Crippen LogP contribution in [0, 0.1) is 0 Å². The number of rotatable bonds is 26. The highest BCUT2D eigenvalue weighted by Crippen LogP contribution is 2.35. The lowest BCUT2D eigenvalue weighted by Crippen LogP contribution is -2.47. The maximum atomic E-state index is 12.9. The van der Waals surface area contributed by atoms with Crippen LogP contribution in [-0.2, 0) is 27.2 Å². The number of nitrogens with zero attached hydrogens (tertiary/aromatic N) is 4. The number of hydrogen-bond acceptors (Lipinski definition) is 7. The Bertz CT molecular complexity index is 1540.